The van der Waals surface area contributed by atoms with E-state index < -0.39 is 23.8 Å². The highest BCUT2D eigenvalue weighted by atomic mass is 16.4. The number of rotatable bonds is 6. The molecule has 1 atom stereocenters. The van der Waals surface area contributed by atoms with Crippen molar-refractivity contribution in [2.75, 3.05) is 0 Å². The van der Waals surface area contributed by atoms with Gasteiger partial charge < -0.3 is 16.2 Å². The number of nitrogens with two attached hydrogens (primary N) is 1. The molecule has 0 aliphatic heterocycles. The number of carboxylic acids is 1. The molecule has 0 aromatic heterocycles. The zero-order chi connectivity index (χ0) is 14.4. The topological polar surface area (TPSA) is 109 Å². The summed E-state index contributed by atoms with van der Waals surface area (Å²) < 4.78 is 0. The van der Waals surface area contributed by atoms with Gasteiger partial charge in [0.2, 0.25) is 5.91 Å². The van der Waals surface area contributed by atoms with Crippen LogP contribution < -0.4 is 11.1 Å². The van der Waals surface area contributed by atoms with Crippen LogP contribution in [0.1, 0.15) is 28.8 Å². The second-order valence-corrected chi connectivity index (χ2v) is 4.18. The molecule has 0 spiro atoms. The summed E-state index contributed by atoms with van der Waals surface area (Å²) in [5.74, 6) is -2.27. The number of hydrogen-bond donors (Lipinski definition) is 3. The molecule has 4 N–H and O–H groups in total. The number of amides is 2. The van der Waals surface area contributed by atoms with Gasteiger partial charge in [0, 0.05) is 12.0 Å². The fraction of sp³-hybridized carbons (Fsp3) is 0.308. The van der Waals surface area contributed by atoms with Gasteiger partial charge in [0.05, 0.1) is 0 Å². The van der Waals surface area contributed by atoms with Crippen molar-refractivity contribution in [1.82, 2.24) is 5.32 Å². The molecule has 1 aromatic rings. The number of carbonyl (C=O) groups is 3. The van der Waals surface area contributed by atoms with Gasteiger partial charge in [0.1, 0.15) is 6.04 Å². The average Bonchev–Trinajstić information content (AvgIpc) is 2.34. The summed E-state index contributed by atoms with van der Waals surface area (Å²) >= 11 is 0. The van der Waals surface area contributed by atoms with Gasteiger partial charge >= 0.3 is 5.97 Å². The van der Waals surface area contributed by atoms with Gasteiger partial charge in [-0.1, -0.05) is 18.2 Å². The van der Waals surface area contributed by atoms with Crippen molar-refractivity contribution in [2.24, 2.45) is 5.73 Å². The third-order valence-electron chi connectivity index (χ3n) is 2.67. The summed E-state index contributed by atoms with van der Waals surface area (Å²) in [5.41, 5.74) is 6.12. The predicted octanol–water partition coefficient (Wildman–Crippen LogP) is 0.444. The Labute approximate surface area is 110 Å². The third kappa shape index (κ3) is 4.42. The van der Waals surface area contributed by atoms with Crippen molar-refractivity contribution in [3.8, 4) is 0 Å². The van der Waals surface area contributed by atoms with Gasteiger partial charge in [-0.15, -0.1) is 0 Å². The van der Waals surface area contributed by atoms with E-state index in [0.717, 1.165) is 5.56 Å². The molecule has 0 saturated heterocycles. The van der Waals surface area contributed by atoms with E-state index in [-0.39, 0.29) is 12.8 Å². The molecule has 0 heterocycles. The van der Waals surface area contributed by atoms with Gasteiger partial charge in [-0.25, -0.2) is 4.79 Å². The Morgan fingerprint density at radius 2 is 1.95 bits per heavy atom. The second-order valence-electron chi connectivity index (χ2n) is 4.18. The van der Waals surface area contributed by atoms with Crippen LogP contribution in [0.2, 0.25) is 0 Å². The van der Waals surface area contributed by atoms with E-state index in [0.29, 0.717) is 5.56 Å². The Hall–Kier alpha value is -2.37. The van der Waals surface area contributed by atoms with Crippen LogP contribution in [-0.2, 0) is 9.59 Å². The number of carboxylic acid groups (broad SMARTS) is 1. The van der Waals surface area contributed by atoms with Crippen molar-refractivity contribution in [3.63, 3.8) is 0 Å². The molecule has 0 aliphatic rings. The first kappa shape index (κ1) is 14.7. The first-order chi connectivity index (χ1) is 8.91. The Bertz CT molecular complexity index is 499. The average molecular weight is 264 g/mol. The highest BCUT2D eigenvalue weighted by molar-refractivity contribution is 5.97. The monoisotopic (exact) mass is 264 g/mol. The van der Waals surface area contributed by atoms with Gasteiger partial charge in [0.15, 0.2) is 0 Å². The summed E-state index contributed by atoms with van der Waals surface area (Å²) in [6, 6.07) is 5.72. The molecule has 6 heteroatoms. The van der Waals surface area contributed by atoms with Crippen LogP contribution in [0.15, 0.2) is 24.3 Å². The maximum atomic E-state index is 11.9. The number of benzene rings is 1. The Balaban J connectivity index is 2.74. The van der Waals surface area contributed by atoms with E-state index in [4.69, 9.17) is 10.8 Å². The summed E-state index contributed by atoms with van der Waals surface area (Å²) in [6.45, 7) is 1.76. The van der Waals surface area contributed by atoms with E-state index >= 15 is 0 Å². The molecule has 0 radical (unpaired) electrons. The second kappa shape index (κ2) is 6.53. The highest BCUT2D eigenvalue weighted by Gasteiger charge is 2.21. The summed E-state index contributed by atoms with van der Waals surface area (Å²) in [5, 5.41) is 11.4. The Morgan fingerprint density at radius 1 is 1.32 bits per heavy atom. The predicted molar refractivity (Wildman–Crippen MR) is 68.5 cm³/mol. The summed E-state index contributed by atoms with van der Waals surface area (Å²) in [4.78, 5) is 33.6. The van der Waals surface area contributed by atoms with Crippen LogP contribution in [0, 0.1) is 6.92 Å². The molecule has 1 rings (SSSR count). The third-order valence-corrected chi connectivity index (χ3v) is 2.67. The number of aliphatic carboxylic acids is 1. The smallest absolute Gasteiger partial charge is 0.326 e. The van der Waals surface area contributed by atoms with Crippen LogP contribution >= 0.6 is 0 Å². The standard InChI is InChI=1S/C13H16N2O4/c1-8-4-2-3-5-9(8)12(17)15-10(13(18)19)6-7-11(14)16/h2-5,10H,6-7H2,1H3,(H2,14,16)(H,15,17)(H,18,19)/t10-/m1/s1. The number of primary amides is 1. The SMILES string of the molecule is Cc1ccccc1C(=O)N[C@H](CCC(N)=O)C(=O)O. The lowest BCUT2D eigenvalue weighted by Gasteiger charge is -2.14. The van der Waals surface area contributed by atoms with Crippen molar-refractivity contribution < 1.29 is 19.5 Å². The van der Waals surface area contributed by atoms with E-state index in [2.05, 4.69) is 5.32 Å². The minimum Gasteiger partial charge on any atom is -0.480 e. The lowest BCUT2D eigenvalue weighted by Crippen LogP contribution is -2.41. The lowest BCUT2D eigenvalue weighted by molar-refractivity contribution is -0.139. The molecule has 0 unspecified atom stereocenters. The van der Waals surface area contributed by atoms with Gasteiger partial charge in [0.25, 0.3) is 5.91 Å². The zero-order valence-electron chi connectivity index (χ0n) is 10.6. The maximum Gasteiger partial charge on any atom is 0.326 e. The van der Waals surface area contributed by atoms with Gasteiger partial charge in [-0.05, 0) is 25.0 Å². The highest BCUT2D eigenvalue weighted by Crippen LogP contribution is 2.08. The number of carbonyl (C=O) groups excluding carboxylic acids is 2. The van der Waals surface area contributed by atoms with Gasteiger partial charge in [-0.3, -0.25) is 9.59 Å². The number of nitrogens with one attached hydrogen (secondary N) is 1. The van der Waals surface area contributed by atoms with Crippen molar-refractivity contribution in [1.29, 1.82) is 0 Å². The summed E-state index contributed by atoms with van der Waals surface area (Å²) in [6.07, 6.45) is -0.118. The molecule has 0 aliphatic carbocycles. The first-order valence-corrected chi connectivity index (χ1v) is 5.79. The van der Waals surface area contributed by atoms with Crippen LogP contribution in [0.25, 0.3) is 0 Å². The normalized spacial score (nSPS) is 11.6. The largest absolute Gasteiger partial charge is 0.480 e. The summed E-state index contributed by atoms with van der Waals surface area (Å²) in [7, 11) is 0. The van der Waals surface area contributed by atoms with E-state index in [1.807, 2.05) is 0 Å². The minimum atomic E-state index is -1.19. The van der Waals surface area contributed by atoms with Crippen molar-refractivity contribution in [2.45, 2.75) is 25.8 Å². The van der Waals surface area contributed by atoms with Gasteiger partial charge in [-0.2, -0.15) is 0 Å². The first-order valence-electron chi connectivity index (χ1n) is 5.79. The molecule has 102 valence electrons. The number of hydrogen-bond acceptors (Lipinski definition) is 3. The van der Waals surface area contributed by atoms with Crippen LogP contribution in [0.3, 0.4) is 0 Å². The molecular weight excluding hydrogens is 248 g/mol. The number of aryl methyl sites for hydroxylation is 1. The molecule has 0 fully saturated rings. The fourth-order valence-electron chi connectivity index (χ4n) is 1.61. The molecule has 1 aromatic carbocycles. The molecule has 19 heavy (non-hydrogen) atoms. The van der Waals surface area contributed by atoms with E-state index in [9.17, 15) is 14.4 Å². The molecule has 6 nitrogen and oxygen atoms in total. The Kier molecular flexibility index (Phi) is 5.05. The lowest BCUT2D eigenvalue weighted by atomic mass is 10.1. The fourth-order valence-corrected chi connectivity index (χ4v) is 1.61. The van der Waals surface area contributed by atoms with E-state index in [1.54, 1.807) is 31.2 Å². The van der Waals surface area contributed by atoms with Crippen LogP contribution in [-0.4, -0.2) is 28.9 Å². The zero-order valence-corrected chi connectivity index (χ0v) is 10.6. The molecular formula is C13H16N2O4. The molecule has 0 saturated carbocycles. The maximum absolute atomic E-state index is 11.9. The van der Waals surface area contributed by atoms with Crippen LogP contribution in [0.4, 0.5) is 0 Å². The quantitative estimate of drug-likeness (QED) is 0.692. The Morgan fingerprint density at radius 3 is 2.47 bits per heavy atom. The molecule has 2 amide bonds. The van der Waals surface area contributed by atoms with Crippen molar-refractivity contribution >= 4 is 17.8 Å². The van der Waals surface area contributed by atoms with Crippen LogP contribution in [0.5, 0.6) is 0 Å². The molecule has 0 bridgehead atoms. The van der Waals surface area contributed by atoms with Crippen molar-refractivity contribution in [3.05, 3.63) is 35.4 Å². The minimum absolute atomic E-state index is 0.0255. The van der Waals surface area contributed by atoms with E-state index in [1.165, 1.54) is 0 Å².